The largest absolute Gasteiger partial charge is 0.383 e. The van der Waals surface area contributed by atoms with Gasteiger partial charge in [-0.3, -0.25) is 0 Å². The number of benzene rings is 1. The second-order valence-corrected chi connectivity index (χ2v) is 8.88. The molecule has 1 aromatic heterocycles. The average molecular weight is 398 g/mol. The normalized spacial score (nSPS) is 17.2. The molecule has 1 fully saturated rings. The number of hydrogen-bond donors (Lipinski definition) is 1. The van der Waals surface area contributed by atoms with Gasteiger partial charge in [0, 0.05) is 37.2 Å². The van der Waals surface area contributed by atoms with E-state index in [9.17, 15) is 8.42 Å². The van der Waals surface area contributed by atoms with Gasteiger partial charge in [0.25, 0.3) is 0 Å². The van der Waals surface area contributed by atoms with E-state index < -0.39 is 10.0 Å². The molecule has 142 valence electrons. The van der Waals surface area contributed by atoms with Crippen LogP contribution in [0.3, 0.4) is 0 Å². The summed E-state index contributed by atoms with van der Waals surface area (Å²) in [6, 6.07) is 7.04. The van der Waals surface area contributed by atoms with Crippen molar-refractivity contribution in [3.8, 4) is 11.3 Å². The molecule has 0 aliphatic carbocycles. The highest BCUT2D eigenvalue weighted by Crippen LogP contribution is 2.27. The van der Waals surface area contributed by atoms with E-state index >= 15 is 0 Å². The topological polar surface area (TPSA) is 80.8 Å². The first-order valence-corrected chi connectivity index (χ1v) is 10.7. The van der Waals surface area contributed by atoms with Crippen molar-refractivity contribution in [3.63, 3.8) is 0 Å². The Morgan fingerprint density at radius 2 is 2.00 bits per heavy atom. The molecule has 1 aliphatic rings. The number of sulfonamides is 1. The first kappa shape index (κ1) is 19.2. The Hall–Kier alpha value is -1.52. The van der Waals surface area contributed by atoms with Gasteiger partial charge in [-0.2, -0.15) is 4.31 Å². The van der Waals surface area contributed by atoms with Gasteiger partial charge in [0.15, 0.2) is 5.13 Å². The predicted octanol–water partition coefficient (Wildman–Crippen LogP) is 2.28. The third-order valence-corrected chi connectivity index (χ3v) is 6.74. The van der Waals surface area contributed by atoms with Gasteiger partial charge in [-0.05, 0) is 19.1 Å². The highest BCUT2D eigenvalue weighted by atomic mass is 32.2. The zero-order valence-electron chi connectivity index (χ0n) is 14.8. The van der Waals surface area contributed by atoms with Crippen LogP contribution in [0.1, 0.15) is 6.92 Å². The number of thiazole rings is 1. The molecule has 9 heteroatoms. The van der Waals surface area contributed by atoms with Crippen LogP contribution in [0.15, 0.2) is 34.5 Å². The van der Waals surface area contributed by atoms with Crippen LogP contribution >= 0.6 is 11.3 Å². The van der Waals surface area contributed by atoms with E-state index in [4.69, 9.17) is 9.47 Å². The molecule has 2 aromatic rings. The van der Waals surface area contributed by atoms with Crippen LogP contribution in [0.4, 0.5) is 5.13 Å². The van der Waals surface area contributed by atoms with Crippen molar-refractivity contribution in [3.05, 3.63) is 29.6 Å². The predicted molar refractivity (Wildman–Crippen MR) is 102 cm³/mol. The Morgan fingerprint density at radius 3 is 2.65 bits per heavy atom. The molecule has 0 radical (unpaired) electrons. The lowest BCUT2D eigenvalue weighted by Gasteiger charge is -2.26. The van der Waals surface area contributed by atoms with E-state index in [0.717, 1.165) is 16.4 Å². The van der Waals surface area contributed by atoms with Crippen molar-refractivity contribution in [1.29, 1.82) is 0 Å². The number of nitrogens with zero attached hydrogens (tertiary/aromatic N) is 2. The van der Waals surface area contributed by atoms with Gasteiger partial charge in [0.1, 0.15) is 0 Å². The summed E-state index contributed by atoms with van der Waals surface area (Å²) < 4.78 is 37.1. The van der Waals surface area contributed by atoms with E-state index in [0.29, 0.717) is 37.8 Å². The molecule has 0 amide bonds. The number of aromatic nitrogens is 1. The van der Waals surface area contributed by atoms with Crippen LogP contribution in [0.25, 0.3) is 11.3 Å². The maximum atomic E-state index is 12.7. The average Bonchev–Trinajstić information content (AvgIpc) is 3.11. The molecule has 1 atom stereocenters. The zero-order valence-corrected chi connectivity index (χ0v) is 16.5. The summed E-state index contributed by atoms with van der Waals surface area (Å²) in [5.41, 5.74) is 1.70. The fraction of sp³-hybridized carbons (Fsp3) is 0.471. The quantitative estimate of drug-likeness (QED) is 0.772. The lowest BCUT2D eigenvalue weighted by molar-refractivity contribution is 0.0730. The Morgan fingerprint density at radius 1 is 1.31 bits per heavy atom. The maximum absolute atomic E-state index is 12.7. The molecule has 7 nitrogen and oxygen atoms in total. The number of nitrogens with one attached hydrogen (secondary N) is 1. The summed E-state index contributed by atoms with van der Waals surface area (Å²) >= 11 is 1.51. The molecule has 26 heavy (non-hydrogen) atoms. The first-order chi connectivity index (χ1) is 12.5. The van der Waals surface area contributed by atoms with Crippen molar-refractivity contribution in [2.24, 2.45) is 0 Å². The lowest BCUT2D eigenvalue weighted by Crippen LogP contribution is -2.40. The number of methoxy groups -OCH3 is 1. The Balaban J connectivity index is 1.72. The van der Waals surface area contributed by atoms with E-state index in [1.807, 2.05) is 12.3 Å². The van der Waals surface area contributed by atoms with Crippen LogP contribution in [0.2, 0.25) is 0 Å². The maximum Gasteiger partial charge on any atom is 0.243 e. The minimum absolute atomic E-state index is 0.167. The molecule has 1 aliphatic heterocycles. The van der Waals surface area contributed by atoms with Gasteiger partial charge in [-0.15, -0.1) is 11.3 Å². The number of anilines is 1. The number of morpholine rings is 1. The van der Waals surface area contributed by atoms with E-state index in [1.54, 1.807) is 31.4 Å². The molecule has 3 rings (SSSR count). The molecule has 0 unspecified atom stereocenters. The van der Waals surface area contributed by atoms with Gasteiger partial charge in [0.05, 0.1) is 30.4 Å². The summed E-state index contributed by atoms with van der Waals surface area (Å²) in [4.78, 5) is 4.86. The van der Waals surface area contributed by atoms with Gasteiger partial charge in [-0.1, -0.05) is 12.1 Å². The number of rotatable bonds is 7. The van der Waals surface area contributed by atoms with Crippen molar-refractivity contribution < 1.29 is 17.9 Å². The van der Waals surface area contributed by atoms with E-state index in [1.165, 1.54) is 15.6 Å². The van der Waals surface area contributed by atoms with Crippen molar-refractivity contribution >= 4 is 26.5 Å². The minimum Gasteiger partial charge on any atom is -0.383 e. The zero-order chi connectivity index (χ0) is 18.6. The van der Waals surface area contributed by atoms with Crippen LogP contribution in [-0.2, 0) is 19.5 Å². The molecule has 0 bridgehead atoms. The second-order valence-electron chi connectivity index (χ2n) is 6.08. The van der Waals surface area contributed by atoms with Crippen LogP contribution in [-0.4, -0.2) is 63.8 Å². The number of ether oxygens (including phenoxy) is 2. The molecule has 0 spiro atoms. The standard InChI is InChI=1S/C17H23N3O4S2/c1-13(11-23-2)18-17-19-16(12-25-17)14-3-5-15(6-4-14)26(21,22)20-7-9-24-10-8-20/h3-6,12-13H,7-11H2,1-2H3,(H,18,19)/t13-/m0/s1. The van der Waals surface area contributed by atoms with Crippen molar-refractivity contribution in [2.75, 3.05) is 45.3 Å². The Labute approximate surface area is 158 Å². The van der Waals surface area contributed by atoms with Crippen LogP contribution < -0.4 is 5.32 Å². The number of hydrogen-bond acceptors (Lipinski definition) is 7. The smallest absolute Gasteiger partial charge is 0.243 e. The Kier molecular flexibility index (Phi) is 6.25. The molecule has 2 heterocycles. The van der Waals surface area contributed by atoms with E-state index in [2.05, 4.69) is 10.3 Å². The fourth-order valence-electron chi connectivity index (χ4n) is 2.71. The minimum atomic E-state index is -3.47. The summed E-state index contributed by atoms with van der Waals surface area (Å²) in [5, 5.41) is 6.05. The van der Waals surface area contributed by atoms with Gasteiger partial charge in [0.2, 0.25) is 10.0 Å². The summed E-state index contributed by atoms with van der Waals surface area (Å²) in [6.45, 7) is 4.29. The highest BCUT2D eigenvalue weighted by Gasteiger charge is 2.26. The molecular formula is C17H23N3O4S2. The van der Waals surface area contributed by atoms with Gasteiger partial charge >= 0.3 is 0 Å². The lowest BCUT2D eigenvalue weighted by atomic mass is 10.2. The van der Waals surface area contributed by atoms with Crippen LogP contribution in [0, 0.1) is 0 Å². The van der Waals surface area contributed by atoms with Crippen molar-refractivity contribution in [1.82, 2.24) is 9.29 Å². The fourth-order valence-corrected chi connectivity index (χ4v) is 4.95. The summed E-state index contributed by atoms with van der Waals surface area (Å²) in [7, 11) is -1.80. The molecular weight excluding hydrogens is 374 g/mol. The third kappa shape index (κ3) is 4.41. The van der Waals surface area contributed by atoms with E-state index in [-0.39, 0.29) is 6.04 Å². The van der Waals surface area contributed by atoms with Crippen LogP contribution in [0.5, 0.6) is 0 Å². The summed E-state index contributed by atoms with van der Waals surface area (Å²) in [5.74, 6) is 0. The third-order valence-electron chi connectivity index (χ3n) is 4.05. The highest BCUT2D eigenvalue weighted by molar-refractivity contribution is 7.89. The SMILES string of the molecule is COC[C@H](C)Nc1nc(-c2ccc(S(=O)(=O)N3CCOCC3)cc2)cs1. The molecule has 0 saturated carbocycles. The molecule has 1 saturated heterocycles. The molecule has 1 aromatic carbocycles. The van der Waals surface area contributed by atoms with Crippen molar-refractivity contribution in [2.45, 2.75) is 17.9 Å². The second kappa shape index (κ2) is 8.45. The monoisotopic (exact) mass is 397 g/mol. The Bertz CT molecular complexity index is 815. The first-order valence-electron chi connectivity index (χ1n) is 8.40. The molecule has 1 N–H and O–H groups in total. The summed E-state index contributed by atoms with van der Waals surface area (Å²) in [6.07, 6.45) is 0. The van der Waals surface area contributed by atoms with Gasteiger partial charge in [-0.25, -0.2) is 13.4 Å². The van der Waals surface area contributed by atoms with Gasteiger partial charge < -0.3 is 14.8 Å².